The van der Waals surface area contributed by atoms with E-state index in [1.165, 1.54) is 12.1 Å². The van der Waals surface area contributed by atoms with Crippen molar-refractivity contribution in [3.63, 3.8) is 0 Å². The normalized spacial score (nSPS) is 16.5. The number of aldehydes is 1. The maximum atomic E-state index is 12.6. The second kappa shape index (κ2) is 9.12. The largest absolute Gasteiger partial charge is 0.493 e. The fourth-order valence-electron chi connectivity index (χ4n) is 3.66. The average molecular weight is 471 g/mol. The molecule has 1 aliphatic rings. The summed E-state index contributed by atoms with van der Waals surface area (Å²) in [6.45, 7) is 2.24. The third kappa shape index (κ3) is 4.94. The Kier molecular flexibility index (Phi) is 6.25. The maximum absolute atomic E-state index is 12.6. The summed E-state index contributed by atoms with van der Waals surface area (Å²) in [5.41, 5.74) is 2.54. The molecule has 0 saturated carbocycles. The first kappa shape index (κ1) is 22.6. The minimum absolute atomic E-state index is 0.0171. The highest BCUT2D eigenvalue weighted by molar-refractivity contribution is 7.89. The van der Waals surface area contributed by atoms with E-state index < -0.39 is 22.0 Å². The number of hydrogen-bond donors (Lipinski definition) is 2. The number of nitrogens with one attached hydrogen (secondary N) is 1. The van der Waals surface area contributed by atoms with Gasteiger partial charge in [0, 0.05) is 30.2 Å². The Morgan fingerprint density at radius 2 is 2.06 bits per heavy atom. The molecular weight excluding hydrogens is 448 g/mol. The van der Waals surface area contributed by atoms with Gasteiger partial charge in [-0.25, -0.2) is 13.1 Å². The Balaban J connectivity index is 1.53. The number of carboxylic acids is 1. The Hall–Kier alpha value is -3.57. The molecule has 0 amide bonds. The van der Waals surface area contributed by atoms with E-state index in [2.05, 4.69) is 15.0 Å². The zero-order valence-corrected chi connectivity index (χ0v) is 18.5. The summed E-state index contributed by atoms with van der Waals surface area (Å²) in [4.78, 5) is 22.8. The van der Waals surface area contributed by atoms with Crippen LogP contribution >= 0.6 is 0 Å². The zero-order valence-electron chi connectivity index (χ0n) is 17.7. The van der Waals surface area contributed by atoms with Gasteiger partial charge in [-0.1, -0.05) is 35.0 Å². The molecule has 0 fully saturated rings. The average Bonchev–Trinajstić information content (AvgIpc) is 3.26. The summed E-state index contributed by atoms with van der Waals surface area (Å²) in [5.74, 6) is -0.736. The number of benzene rings is 2. The molecule has 2 atom stereocenters. The van der Waals surface area contributed by atoms with Gasteiger partial charge in [0.25, 0.3) is 0 Å². The van der Waals surface area contributed by atoms with Gasteiger partial charge < -0.3 is 9.84 Å². The molecule has 11 heteroatoms. The van der Waals surface area contributed by atoms with Crippen LogP contribution in [0.25, 0.3) is 0 Å². The standard InChI is InChI=1S/C22H22N4O6S/c1-14-2-5-17(6-3-14)33(30,31)24-19(22(28)29)11-16-12-26(25-23-16)20-8-9-32-21-10-15(13-27)4-7-18(20)21/h2-7,10,12-13,19-20,24H,8-9,11H2,1H3,(H,28,29)/t19-,20-/m1/s1. The Bertz CT molecular complexity index is 1290. The Morgan fingerprint density at radius 3 is 2.76 bits per heavy atom. The van der Waals surface area contributed by atoms with Gasteiger partial charge in [-0.05, 0) is 25.1 Å². The number of rotatable bonds is 8. The molecule has 4 rings (SSSR count). The van der Waals surface area contributed by atoms with Crippen molar-refractivity contribution in [2.75, 3.05) is 6.61 Å². The van der Waals surface area contributed by atoms with Crippen molar-refractivity contribution in [3.05, 3.63) is 71.0 Å². The molecule has 0 radical (unpaired) electrons. The Labute approximate surface area is 190 Å². The summed E-state index contributed by atoms with van der Waals surface area (Å²) in [7, 11) is -4.03. The van der Waals surface area contributed by atoms with E-state index in [-0.39, 0.29) is 17.4 Å². The van der Waals surface area contributed by atoms with Crippen LogP contribution in [0.1, 0.15) is 39.6 Å². The first-order chi connectivity index (χ1) is 15.8. The third-order valence-corrected chi connectivity index (χ3v) is 6.89. The molecule has 3 aromatic rings. The van der Waals surface area contributed by atoms with Crippen molar-refractivity contribution in [2.45, 2.75) is 36.7 Å². The Morgan fingerprint density at radius 1 is 1.30 bits per heavy atom. The first-order valence-electron chi connectivity index (χ1n) is 10.2. The van der Waals surface area contributed by atoms with E-state index in [9.17, 15) is 23.1 Å². The molecule has 0 unspecified atom stereocenters. The number of hydrogen-bond acceptors (Lipinski definition) is 7. The summed E-state index contributed by atoms with van der Waals surface area (Å²) >= 11 is 0. The predicted molar refractivity (Wildman–Crippen MR) is 117 cm³/mol. The maximum Gasteiger partial charge on any atom is 0.322 e. The minimum Gasteiger partial charge on any atom is -0.493 e. The highest BCUT2D eigenvalue weighted by atomic mass is 32.2. The van der Waals surface area contributed by atoms with Crippen LogP contribution in [0.2, 0.25) is 0 Å². The van der Waals surface area contributed by atoms with E-state index in [1.807, 2.05) is 6.92 Å². The third-order valence-electron chi connectivity index (χ3n) is 5.40. The molecule has 0 bridgehead atoms. The lowest BCUT2D eigenvalue weighted by molar-refractivity contribution is -0.138. The monoisotopic (exact) mass is 470 g/mol. The molecule has 172 valence electrons. The molecule has 1 aromatic heterocycles. The van der Waals surface area contributed by atoms with Crippen molar-refractivity contribution < 1.29 is 27.9 Å². The molecular formula is C22H22N4O6S. The van der Waals surface area contributed by atoms with Crippen molar-refractivity contribution in [1.29, 1.82) is 0 Å². The first-order valence-corrected chi connectivity index (χ1v) is 11.7. The molecule has 2 aromatic carbocycles. The van der Waals surface area contributed by atoms with Crippen LogP contribution in [0.4, 0.5) is 0 Å². The quantitative estimate of drug-likeness (QED) is 0.475. The van der Waals surface area contributed by atoms with Crippen LogP contribution in [0.5, 0.6) is 5.75 Å². The molecule has 10 nitrogen and oxygen atoms in total. The van der Waals surface area contributed by atoms with Crippen molar-refractivity contribution >= 4 is 22.3 Å². The number of carbonyl (C=O) groups excluding carboxylic acids is 1. The van der Waals surface area contributed by atoms with Crippen LogP contribution < -0.4 is 9.46 Å². The molecule has 0 aliphatic carbocycles. The zero-order chi connectivity index (χ0) is 23.6. The van der Waals surface area contributed by atoms with Gasteiger partial charge in [0.1, 0.15) is 18.1 Å². The smallest absolute Gasteiger partial charge is 0.322 e. The summed E-state index contributed by atoms with van der Waals surface area (Å²) in [6.07, 6.45) is 2.77. The van der Waals surface area contributed by atoms with Crippen molar-refractivity contribution in [2.24, 2.45) is 0 Å². The van der Waals surface area contributed by atoms with Crippen LogP contribution in [-0.2, 0) is 21.2 Å². The van der Waals surface area contributed by atoms with Crippen LogP contribution in [0.15, 0.2) is 53.6 Å². The van der Waals surface area contributed by atoms with E-state index in [4.69, 9.17) is 4.74 Å². The predicted octanol–water partition coefficient (Wildman–Crippen LogP) is 1.75. The molecule has 2 heterocycles. The number of carboxylic acid groups (broad SMARTS) is 1. The fourth-order valence-corrected chi connectivity index (χ4v) is 4.85. The van der Waals surface area contributed by atoms with Gasteiger partial charge in [0.2, 0.25) is 10.0 Å². The molecule has 0 spiro atoms. The van der Waals surface area contributed by atoms with Gasteiger partial charge in [0.15, 0.2) is 0 Å². The molecule has 0 saturated heterocycles. The topological polar surface area (TPSA) is 140 Å². The highest BCUT2D eigenvalue weighted by Crippen LogP contribution is 2.34. The molecule has 2 N–H and O–H groups in total. The number of ether oxygens (including phenoxy) is 1. The van der Waals surface area contributed by atoms with E-state index in [0.717, 1.165) is 17.4 Å². The number of aromatic nitrogens is 3. The summed E-state index contributed by atoms with van der Waals surface area (Å²) < 4.78 is 34.8. The van der Waals surface area contributed by atoms with E-state index in [0.29, 0.717) is 30.0 Å². The fraction of sp³-hybridized carbons (Fsp3) is 0.273. The second-order valence-electron chi connectivity index (χ2n) is 7.79. The van der Waals surface area contributed by atoms with Gasteiger partial charge in [-0.3, -0.25) is 9.59 Å². The lowest BCUT2D eigenvalue weighted by Gasteiger charge is -2.25. The van der Waals surface area contributed by atoms with E-state index in [1.54, 1.807) is 41.2 Å². The lowest BCUT2D eigenvalue weighted by atomic mass is 9.99. The summed E-state index contributed by atoms with van der Waals surface area (Å²) in [6, 6.07) is 9.64. The second-order valence-corrected chi connectivity index (χ2v) is 9.50. The van der Waals surface area contributed by atoms with Gasteiger partial charge in [-0.15, -0.1) is 5.10 Å². The van der Waals surface area contributed by atoms with Gasteiger partial charge in [-0.2, -0.15) is 4.72 Å². The molecule has 33 heavy (non-hydrogen) atoms. The number of carbonyl (C=O) groups is 2. The lowest BCUT2D eigenvalue weighted by Crippen LogP contribution is -2.42. The van der Waals surface area contributed by atoms with Crippen LogP contribution in [-0.4, -0.2) is 53.4 Å². The van der Waals surface area contributed by atoms with Gasteiger partial charge >= 0.3 is 5.97 Å². The van der Waals surface area contributed by atoms with Crippen molar-refractivity contribution in [3.8, 4) is 5.75 Å². The number of fused-ring (bicyclic) bond motifs is 1. The van der Waals surface area contributed by atoms with Crippen molar-refractivity contribution in [1.82, 2.24) is 19.7 Å². The summed E-state index contributed by atoms with van der Waals surface area (Å²) in [5, 5.41) is 17.8. The number of aryl methyl sites for hydroxylation is 1. The molecule has 1 aliphatic heterocycles. The van der Waals surface area contributed by atoms with Crippen LogP contribution in [0.3, 0.4) is 0 Å². The SMILES string of the molecule is Cc1ccc(S(=O)(=O)N[C@H](Cc2cn([C@@H]3CCOc4cc(C=O)ccc43)nn2)C(=O)O)cc1. The highest BCUT2D eigenvalue weighted by Gasteiger charge is 2.28. The van der Waals surface area contributed by atoms with Gasteiger partial charge in [0.05, 0.1) is 23.2 Å². The van der Waals surface area contributed by atoms with Crippen LogP contribution in [0, 0.1) is 6.92 Å². The number of aliphatic carboxylic acids is 1. The number of nitrogens with zero attached hydrogens (tertiary/aromatic N) is 3. The number of sulfonamides is 1. The van der Waals surface area contributed by atoms with E-state index >= 15 is 0 Å². The minimum atomic E-state index is -4.03.